The maximum Gasteiger partial charge on any atom is 0.122 e. The fourth-order valence-electron chi connectivity index (χ4n) is 3.02. The van der Waals surface area contributed by atoms with E-state index in [0.29, 0.717) is 5.75 Å². The summed E-state index contributed by atoms with van der Waals surface area (Å²) < 4.78 is 0. The molecule has 1 aliphatic heterocycles. The molecule has 2 aromatic carbocycles. The van der Waals surface area contributed by atoms with Gasteiger partial charge >= 0.3 is 0 Å². The molecule has 3 nitrogen and oxygen atoms in total. The molecule has 0 saturated heterocycles. The highest BCUT2D eigenvalue weighted by atomic mass is 16.3. The minimum Gasteiger partial charge on any atom is -0.508 e. The summed E-state index contributed by atoms with van der Waals surface area (Å²) in [4.78, 5) is 2.30. The Hall–Kier alpha value is -2.00. The van der Waals surface area contributed by atoms with Crippen LogP contribution in [0.25, 0.3) is 0 Å². The number of benzene rings is 2. The number of para-hydroxylation sites is 1. The van der Waals surface area contributed by atoms with Gasteiger partial charge in [0, 0.05) is 35.6 Å². The first kappa shape index (κ1) is 14.0. The number of phenolic OH excluding ortho intramolecular Hbond substituents is 1. The predicted molar refractivity (Wildman–Crippen MR) is 87.4 cm³/mol. The van der Waals surface area contributed by atoms with Crippen LogP contribution in [0, 0.1) is 0 Å². The molecule has 0 fully saturated rings. The Balaban J connectivity index is 1.97. The number of rotatable bonds is 3. The van der Waals surface area contributed by atoms with Gasteiger partial charge in [0.15, 0.2) is 0 Å². The van der Waals surface area contributed by atoms with E-state index in [9.17, 15) is 5.11 Å². The van der Waals surface area contributed by atoms with Gasteiger partial charge in [-0.05, 0) is 44.5 Å². The number of nitrogens with one attached hydrogen (secondary N) is 1. The summed E-state index contributed by atoms with van der Waals surface area (Å²) in [6.45, 7) is 3.04. The molecule has 3 heteroatoms. The van der Waals surface area contributed by atoms with Crippen molar-refractivity contribution in [2.75, 3.05) is 18.5 Å². The predicted octanol–water partition coefficient (Wildman–Crippen LogP) is 3.76. The van der Waals surface area contributed by atoms with Crippen LogP contribution in [0.15, 0.2) is 42.5 Å². The molecule has 110 valence electrons. The maximum atomic E-state index is 10.3. The van der Waals surface area contributed by atoms with E-state index in [4.69, 9.17) is 0 Å². The Morgan fingerprint density at radius 1 is 1.19 bits per heavy atom. The number of nitrogens with zero attached hydrogens (tertiary/aromatic N) is 1. The van der Waals surface area contributed by atoms with Gasteiger partial charge in [-0.15, -0.1) is 0 Å². The van der Waals surface area contributed by atoms with Crippen LogP contribution in [-0.4, -0.2) is 18.7 Å². The van der Waals surface area contributed by atoms with E-state index in [-0.39, 0.29) is 6.04 Å². The van der Waals surface area contributed by atoms with Gasteiger partial charge in [0.25, 0.3) is 0 Å². The Bertz CT molecular complexity index is 639. The van der Waals surface area contributed by atoms with Crippen LogP contribution in [0.3, 0.4) is 0 Å². The molecule has 1 heterocycles. The number of hydrogen-bond donors (Lipinski definition) is 2. The van der Waals surface area contributed by atoms with Crippen molar-refractivity contribution >= 4 is 11.4 Å². The third-order valence-electron chi connectivity index (χ3n) is 4.34. The zero-order valence-electron chi connectivity index (χ0n) is 12.6. The minimum absolute atomic E-state index is 0.146. The standard InChI is InChI=1S/C18H22N2O/c1-13(19-2)16-10-9-15(12-18(16)21)20-11-5-7-14-6-3-4-8-17(14)20/h3-4,6,8-10,12-13,19,21H,5,7,11H2,1-2H3. The Labute approximate surface area is 126 Å². The van der Waals surface area contributed by atoms with Gasteiger partial charge in [0.05, 0.1) is 0 Å². The number of aryl methyl sites for hydroxylation is 1. The molecule has 0 spiro atoms. The second-order valence-corrected chi connectivity index (χ2v) is 5.64. The van der Waals surface area contributed by atoms with E-state index in [1.807, 2.05) is 26.1 Å². The smallest absolute Gasteiger partial charge is 0.122 e. The van der Waals surface area contributed by atoms with Gasteiger partial charge in [-0.2, -0.15) is 0 Å². The van der Waals surface area contributed by atoms with Crippen LogP contribution in [0.5, 0.6) is 5.75 Å². The van der Waals surface area contributed by atoms with Crippen LogP contribution < -0.4 is 10.2 Å². The van der Waals surface area contributed by atoms with E-state index in [0.717, 1.165) is 30.6 Å². The molecule has 1 aliphatic rings. The lowest BCUT2D eigenvalue weighted by molar-refractivity contribution is 0.458. The molecule has 0 radical (unpaired) electrons. The average Bonchev–Trinajstić information content (AvgIpc) is 2.53. The van der Waals surface area contributed by atoms with Crippen LogP contribution in [0.2, 0.25) is 0 Å². The van der Waals surface area contributed by atoms with Crippen molar-refractivity contribution in [3.63, 3.8) is 0 Å². The summed E-state index contributed by atoms with van der Waals surface area (Å²) in [6.07, 6.45) is 2.28. The number of fused-ring (bicyclic) bond motifs is 1. The largest absolute Gasteiger partial charge is 0.508 e. The third kappa shape index (κ3) is 2.61. The topological polar surface area (TPSA) is 35.5 Å². The minimum atomic E-state index is 0.146. The summed E-state index contributed by atoms with van der Waals surface area (Å²) >= 11 is 0. The first-order chi connectivity index (χ1) is 10.2. The highest BCUT2D eigenvalue weighted by Gasteiger charge is 2.19. The first-order valence-electron chi connectivity index (χ1n) is 7.56. The van der Waals surface area contributed by atoms with Crippen molar-refractivity contribution in [1.82, 2.24) is 5.32 Å². The summed E-state index contributed by atoms with van der Waals surface area (Å²) in [6, 6.07) is 14.7. The van der Waals surface area contributed by atoms with Crippen molar-refractivity contribution in [3.8, 4) is 5.75 Å². The van der Waals surface area contributed by atoms with E-state index in [1.165, 1.54) is 11.3 Å². The zero-order chi connectivity index (χ0) is 14.8. The molecule has 0 amide bonds. The molecule has 0 saturated carbocycles. The fraction of sp³-hybridized carbons (Fsp3) is 0.333. The monoisotopic (exact) mass is 282 g/mol. The molecule has 21 heavy (non-hydrogen) atoms. The van der Waals surface area contributed by atoms with Crippen LogP contribution in [0.1, 0.15) is 30.5 Å². The van der Waals surface area contributed by atoms with Crippen LogP contribution >= 0.6 is 0 Å². The highest BCUT2D eigenvalue weighted by Crippen LogP contribution is 2.36. The van der Waals surface area contributed by atoms with E-state index < -0.39 is 0 Å². The molecule has 1 atom stereocenters. The second-order valence-electron chi connectivity index (χ2n) is 5.64. The summed E-state index contributed by atoms with van der Waals surface area (Å²) in [5.41, 5.74) is 4.65. The van der Waals surface area contributed by atoms with Gasteiger partial charge in [-0.1, -0.05) is 24.3 Å². The van der Waals surface area contributed by atoms with Crippen LogP contribution in [0.4, 0.5) is 11.4 Å². The molecule has 0 aromatic heterocycles. The lowest BCUT2D eigenvalue weighted by Crippen LogP contribution is -2.24. The van der Waals surface area contributed by atoms with Crippen molar-refractivity contribution < 1.29 is 5.11 Å². The van der Waals surface area contributed by atoms with Gasteiger partial charge in [-0.25, -0.2) is 0 Å². The second kappa shape index (κ2) is 5.78. The van der Waals surface area contributed by atoms with Gasteiger partial charge in [-0.3, -0.25) is 0 Å². The lowest BCUT2D eigenvalue weighted by atomic mass is 10.00. The normalized spacial score (nSPS) is 15.6. The van der Waals surface area contributed by atoms with Gasteiger partial charge in [0.2, 0.25) is 0 Å². The summed E-state index contributed by atoms with van der Waals surface area (Å²) in [5, 5.41) is 13.5. The number of aromatic hydroxyl groups is 1. The number of anilines is 2. The first-order valence-corrected chi connectivity index (χ1v) is 7.56. The SMILES string of the molecule is CNC(C)c1ccc(N2CCCc3ccccc32)cc1O. The van der Waals surface area contributed by atoms with Crippen molar-refractivity contribution in [2.24, 2.45) is 0 Å². The maximum absolute atomic E-state index is 10.3. The Morgan fingerprint density at radius 3 is 2.76 bits per heavy atom. The number of hydrogen-bond acceptors (Lipinski definition) is 3. The van der Waals surface area contributed by atoms with Gasteiger partial charge < -0.3 is 15.3 Å². The number of phenols is 1. The zero-order valence-corrected chi connectivity index (χ0v) is 12.6. The molecule has 2 aromatic rings. The fourth-order valence-corrected chi connectivity index (χ4v) is 3.02. The Morgan fingerprint density at radius 2 is 2.00 bits per heavy atom. The van der Waals surface area contributed by atoms with Crippen LogP contribution in [-0.2, 0) is 6.42 Å². The van der Waals surface area contributed by atoms with E-state index in [1.54, 1.807) is 0 Å². The summed E-state index contributed by atoms with van der Waals surface area (Å²) in [5.74, 6) is 0.359. The molecule has 0 aliphatic carbocycles. The average molecular weight is 282 g/mol. The molecular formula is C18H22N2O. The molecule has 0 bridgehead atoms. The van der Waals surface area contributed by atoms with E-state index >= 15 is 0 Å². The van der Waals surface area contributed by atoms with Gasteiger partial charge in [0.1, 0.15) is 5.75 Å². The lowest BCUT2D eigenvalue weighted by Gasteiger charge is -2.31. The molecule has 2 N–H and O–H groups in total. The molecule has 1 unspecified atom stereocenters. The molecular weight excluding hydrogens is 260 g/mol. The molecule has 3 rings (SSSR count). The van der Waals surface area contributed by atoms with Crippen molar-refractivity contribution in [3.05, 3.63) is 53.6 Å². The third-order valence-corrected chi connectivity index (χ3v) is 4.34. The highest BCUT2D eigenvalue weighted by molar-refractivity contribution is 5.69. The van der Waals surface area contributed by atoms with Crippen molar-refractivity contribution in [2.45, 2.75) is 25.8 Å². The Kier molecular flexibility index (Phi) is 3.84. The quantitative estimate of drug-likeness (QED) is 0.900. The van der Waals surface area contributed by atoms with Crippen molar-refractivity contribution in [1.29, 1.82) is 0 Å². The summed E-state index contributed by atoms with van der Waals surface area (Å²) in [7, 11) is 1.90. The van der Waals surface area contributed by atoms with E-state index in [2.05, 4.69) is 40.5 Å².